The standard InChI is InChI=1S/C15H13FN2O2S2/c16-10-3-1-2-4-12(10)20-6-8-21-9-13-17-11-5-7-22-14(11)15(19)18-13/h1-5,7H,6,8-9H2,(H,17,18,19). The maximum atomic E-state index is 13.3. The molecule has 7 heteroatoms. The molecule has 0 radical (unpaired) electrons. The summed E-state index contributed by atoms with van der Waals surface area (Å²) >= 11 is 2.96. The van der Waals surface area contributed by atoms with Gasteiger partial charge < -0.3 is 9.72 Å². The summed E-state index contributed by atoms with van der Waals surface area (Å²) in [6, 6.07) is 8.16. The lowest BCUT2D eigenvalue weighted by Crippen LogP contribution is -2.10. The van der Waals surface area contributed by atoms with E-state index in [0.29, 0.717) is 28.6 Å². The van der Waals surface area contributed by atoms with Gasteiger partial charge in [0.1, 0.15) is 10.5 Å². The molecule has 22 heavy (non-hydrogen) atoms. The lowest BCUT2D eigenvalue weighted by Gasteiger charge is -2.06. The van der Waals surface area contributed by atoms with Crippen LogP contribution in [0.25, 0.3) is 10.2 Å². The molecule has 0 saturated carbocycles. The van der Waals surface area contributed by atoms with E-state index in [1.165, 1.54) is 17.4 Å². The second-order valence-electron chi connectivity index (χ2n) is 4.48. The van der Waals surface area contributed by atoms with Gasteiger partial charge in [0.15, 0.2) is 11.6 Å². The van der Waals surface area contributed by atoms with E-state index in [1.807, 2.05) is 11.4 Å². The number of hydrogen-bond donors (Lipinski definition) is 1. The van der Waals surface area contributed by atoms with Crippen LogP contribution in [0.1, 0.15) is 5.82 Å². The third-order valence-electron chi connectivity index (χ3n) is 2.92. The summed E-state index contributed by atoms with van der Waals surface area (Å²) in [6.07, 6.45) is 0. The molecule has 2 aromatic heterocycles. The van der Waals surface area contributed by atoms with E-state index in [2.05, 4.69) is 9.97 Å². The van der Waals surface area contributed by atoms with Crippen molar-refractivity contribution in [1.82, 2.24) is 9.97 Å². The molecule has 0 amide bonds. The minimum absolute atomic E-state index is 0.0989. The minimum Gasteiger partial charge on any atom is -0.490 e. The largest absolute Gasteiger partial charge is 0.490 e. The van der Waals surface area contributed by atoms with E-state index < -0.39 is 0 Å². The molecule has 0 saturated heterocycles. The Balaban J connectivity index is 1.50. The topological polar surface area (TPSA) is 55.0 Å². The van der Waals surface area contributed by atoms with E-state index >= 15 is 0 Å². The van der Waals surface area contributed by atoms with Gasteiger partial charge in [0.25, 0.3) is 5.56 Å². The van der Waals surface area contributed by atoms with E-state index in [4.69, 9.17) is 4.74 Å². The van der Waals surface area contributed by atoms with Crippen LogP contribution >= 0.6 is 23.1 Å². The van der Waals surface area contributed by atoms with Crippen LogP contribution in [-0.4, -0.2) is 22.3 Å². The van der Waals surface area contributed by atoms with Gasteiger partial charge in [0.2, 0.25) is 0 Å². The van der Waals surface area contributed by atoms with Crippen molar-refractivity contribution < 1.29 is 9.13 Å². The second-order valence-corrected chi connectivity index (χ2v) is 6.50. The van der Waals surface area contributed by atoms with Crippen molar-refractivity contribution in [3.8, 4) is 5.75 Å². The number of benzene rings is 1. The van der Waals surface area contributed by atoms with Crippen molar-refractivity contribution in [2.24, 2.45) is 0 Å². The number of rotatable bonds is 6. The normalized spacial score (nSPS) is 11.0. The molecule has 0 bridgehead atoms. The van der Waals surface area contributed by atoms with E-state index in [9.17, 15) is 9.18 Å². The summed E-state index contributed by atoms with van der Waals surface area (Å²) in [5.74, 6) is 1.81. The number of halogens is 1. The number of aromatic amines is 1. The third-order valence-corrected chi connectivity index (χ3v) is 4.76. The molecule has 0 aliphatic carbocycles. The number of nitrogens with one attached hydrogen (secondary N) is 1. The maximum Gasteiger partial charge on any atom is 0.268 e. The summed E-state index contributed by atoms with van der Waals surface area (Å²) in [5.41, 5.74) is 0.630. The number of ether oxygens (including phenoxy) is 1. The Morgan fingerprint density at radius 3 is 3.05 bits per heavy atom. The smallest absolute Gasteiger partial charge is 0.268 e. The quantitative estimate of drug-likeness (QED) is 0.701. The zero-order valence-electron chi connectivity index (χ0n) is 11.5. The summed E-state index contributed by atoms with van der Waals surface area (Å²) in [5, 5.41) is 1.85. The highest BCUT2D eigenvalue weighted by Gasteiger charge is 2.05. The van der Waals surface area contributed by atoms with Gasteiger partial charge in [-0.15, -0.1) is 11.3 Å². The zero-order chi connectivity index (χ0) is 15.4. The predicted octanol–water partition coefficient (Wildman–Crippen LogP) is 3.44. The van der Waals surface area contributed by atoms with Gasteiger partial charge in [-0.25, -0.2) is 9.37 Å². The molecule has 3 aromatic rings. The predicted molar refractivity (Wildman–Crippen MR) is 88.3 cm³/mol. The van der Waals surface area contributed by atoms with Crippen molar-refractivity contribution in [2.45, 2.75) is 5.75 Å². The molecule has 4 nitrogen and oxygen atoms in total. The number of thiophene rings is 1. The highest BCUT2D eigenvalue weighted by molar-refractivity contribution is 7.98. The van der Waals surface area contributed by atoms with Gasteiger partial charge in [0, 0.05) is 5.75 Å². The van der Waals surface area contributed by atoms with Crippen LogP contribution in [0.3, 0.4) is 0 Å². The molecule has 114 valence electrons. The number of nitrogens with zero attached hydrogens (tertiary/aromatic N) is 1. The first-order chi connectivity index (χ1) is 10.7. The van der Waals surface area contributed by atoms with E-state index in [0.717, 1.165) is 5.52 Å². The van der Waals surface area contributed by atoms with Crippen LogP contribution in [0, 0.1) is 5.82 Å². The molecular weight excluding hydrogens is 323 g/mol. The Bertz CT molecular complexity index is 832. The molecule has 0 aliphatic rings. The minimum atomic E-state index is -0.360. The molecule has 0 fully saturated rings. The lowest BCUT2D eigenvalue weighted by atomic mass is 10.3. The first-order valence-corrected chi connectivity index (χ1v) is 8.69. The molecule has 1 N–H and O–H groups in total. The molecule has 0 unspecified atom stereocenters. The summed E-state index contributed by atoms with van der Waals surface area (Å²) in [4.78, 5) is 19.0. The third kappa shape index (κ3) is 3.48. The Morgan fingerprint density at radius 2 is 2.18 bits per heavy atom. The fourth-order valence-corrected chi connectivity index (χ4v) is 3.33. The number of fused-ring (bicyclic) bond motifs is 1. The van der Waals surface area contributed by atoms with Crippen LogP contribution in [0.15, 0.2) is 40.5 Å². The average Bonchev–Trinajstić information content (AvgIpc) is 2.98. The zero-order valence-corrected chi connectivity index (χ0v) is 13.2. The molecular formula is C15H13FN2O2S2. The second kappa shape index (κ2) is 6.93. The van der Waals surface area contributed by atoms with Crippen LogP contribution in [0.2, 0.25) is 0 Å². The maximum absolute atomic E-state index is 13.3. The SMILES string of the molecule is O=c1[nH]c(CSCCOc2ccccc2F)nc2ccsc12. The number of H-pyrrole nitrogens is 1. The van der Waals surface area contributed by atoms with Gasteiger partial charge in [-0.1, -0.05) is 12.1 Å². The van der Waals surface area contributed by atoms with E-state index in [1.54, 1.807) is 30.0 Å². The van der Waals surface area contributed by atoms with E-state index in [-0.39, 0.29) is 17.1 Å². The lowest BCUT2D eigenvalue weighted by molar-refractivity contribution is 0.325. The molecule has 0 spiro atoms. The van der Waals surface area contributed by atoms with Crippen molar-refractivity contribution in [3.05, 3.63) is 57.7 Å². The summed E-state index contributed by atoms with van der Waals surface area (Å²) in [6.45, 7) is 0.399. The van der Waals surface area contributed by atoms with Gasteiger partial charge >= 0.3 is 0 Å². The van der Waals surface area contributed by atoms with Gasteiger partial charge in [-0.05, 0) is 23.6 Å². The first kappa shape index (κ1) is 15.1. The van der Waals surface area contributed by atoms with Crippen LogP contribution in [0.5, 0.6) is 5.75 Å². The van der Waals surface area contributed by atoms with Gasteiger partial charge in [-0.3, -0.25) is 4.79 Å². The number of aromatic nitrogens is 2. The van der Waals surface area contributed by atoms with Crippen LogP contribution in [-0.2, 0) is 5.75 Å². The van der Waals surface area contributed by atoms with Gasteiger partial charge in [-0.2, -0.15) is 11.8 Å². The summed E-state index contributed by atoms with van der Waals surface area (Å²) < 4.78 is 19.4. The van der Waals surface area contributed by atoms with Gasteiger partial charge in [0.05, 0.1) is 17.9 Å². The molecule has 2 heterocycles. The van der Waals surface area contributed by atoms with Crippen molar-refractivity contribution in [3.63, 3.8) is 0 Å². The first-order valence-electron chi connectivity index (χ1n) is 6.65. The van der Waals surface area contributed by atoms with Crippen molar-refractivity contribution in [2.75, 3.05) is 12.4 Å². The fourth-order valence-electron chi connectivity index (χ4n) is 1.93. The molecule has 0 atom stereocenters. The highest BCUT2D eigenvalue weighted by Crippen LogP contribution is 2.17. The fraction of sp³-hybridized carbons (Fsp3) is 0.200. The average molecular weight is 336 g/mol. The molecule has 0 aliphatic heterocycles. The summed E-state index contributed by atoms with van der Waals surface area (Å²) in [7, 11) is 0. The van der Waals surface area contributed by atoms with Crippen molar-refractivity contribution in [1.29, 1.82) is 0 Å². The number of thioether (sulfide) groups is 1. The Morgan fingerprint density at radius 1 is 1.32 bits per heavy atom. The Hall–Kier alpha value is -1.86. The van der Waals surface area contributed by atoms with Crippen molar-refractivity contribution >= 4 is 33.3 Å². The highest BCUT2D eigenvalue weighted by atomic mass is 32.2. The molecule has 1 aromatic carbocycles. The Kier molecular flexibility index (Phi) is 4.74. The monoisotopic (exact) mass is 336 g/mol. The number of para-hydroxylation sites is 1. The molecule has 3 rings (SSSR count). The van der Waals surface area contributed by atoms with Crippen LogP contribution < -0.4 is 10.3 Å². The number of hydrogen-bond acceptors (Lipinski definition) is 5. The van der Waals surface area contributed by atoms with Crippen LogP contribution in [0.4, 0.5) is 4.39 Å². The Labute approximate surface area is 134 Å².